The lowest BCUT2D eigenvalue weighted by Crippen LogP contribution is -2.45. The number of allylic oxidation sites excluding steroid dienone is 4. The predicted molar refractivity (Wildman–Crippen MR) is 144 cm³/mol. The molecule has 0 N–H and O–H groups in total. The molecule has 1 aromatic heterocycles. The summed E-state index contributed by atoms with van der Waals surface area (Å²) in [5.41, 5.74) is 5.94. The minimum Gasteiger partial charge on any atom is -0.383 e. The first kappa shape index (κ1) is 25.0. The first-order valence-corrected chi connectivity index (χ1v) is 13.4. The number of nitrogens with zero attached hydrogens (tertiary/aromatic N) is 2. The maximum absolute atomic E-state index is 14.0. The normalized spacial score (nSPS) is 21.9. The molecular formula is C31H40N2O3. The highest BCUT2D eigenvalue weighted by Crippen LogP contribution is 2.55. The van der Waals surface area contributed by atoms with Gasteiger partial charge in [-0.2, -0.15) is 0 Å². The van der Waals surface area contributed by atoms with E-state index in [0.717, 1.165) is 59.3 Å². The van der Waals surface area contributed by atoms with Crippen molar-refractivity contribution in [2.75, 3.05) is 20.3 Å². The standard InChI is InChI=1S/C31H40N2O3/c1-7-12-32-19-21(20-10-8-9-11-22(20)32)27-28-23(15-30(2,3)17-25(28)34)33(13-14-36-6)24-16-31(4,5)18-26(35)29(24)27/h8-11,19,27H,7,12-18H2,1-6H3. The lowest BCUT2D eigenvalue weighted by Gasteiger charge is -2.49. The summed E-state index contributed by atoms with van der Waals surface area (Å²) in [6, 6.07) is 8.45. The van der Waals surface area contributed by atoms with Gasteiger partial charge in [-0.25, -0.2) is 0 Å². The van der Waals surface area contributed by atoms with Crippen LogP contribution in [0.3, 0.4) is 0 Å². The fourth-order valence-corrected chi connectivity index (χ4v) is 6.74. The Labute approximate surface area is 215 Å². The molecule has 5 heteroatoms. The Morgan fingerprint density at radius 3 is 2.03 bits per heavy atom. The minimum absolute atomic E-state index is 0.117. The van der Waals surface area contributed by atoms with Crippen LogP contribution in [-0.4, -0.2) is 41.3 Å². The first-order valence-electron chi connectivity index (χ1n) is 13.4. The molecule has 1 aromatic carbocycles. The highest BCUT2D eigenvalue weighted by atomic mass is 16.5. The van der Waals surface area contributed by atoms with E-state index in [1.165, 1.54) is 5.52 Å². The molecule has 0 spiro atoms. The number of carbonyl (C=O) groups excluding carboxylic acids is 2. The van der Waals surface area contributed by atoms with Crippen LogP contribution in [0.2, 0.25) is 0 Å². The Bertz CT molecular complexity index is 1240. The van der Waals surface area contributed by atoms with Crippen molar-refractivity contribution < 1.29 is 14.3 Å². The summed E-state index contributed by atoms with van der Waals surface area (Å²) < 4.78 is 7.80. The molecule has 0 saturated heterocycles. The van der Waals surface area contributed by atoms with Gasteiger partial charge in [0, 0.05) is 78.6 Å². The Kier molecular flexibility index (Phi) is 6.27. The molecule has 36 heavy (non-hydrogen) atoms. The lowest BCUT2D eigenvalue weighted by atomic mass is 9.63. The summed E-state index contributed by atoms with van der Waals surface area (Å²) in [5, 5.41) is 1.15. The van der Waals surface area contributed by atoms with Gasteiger partial charge in [-0.15, -0.1) is 0 Å². The van der Waals surface area contributed by atoms with Crippen molar-refractivity contribution in [2.24, 2.45) is 10.8 Å². The minimum atomic E-state index is -0.302. The van der Waals surface area contributed by atoms with E-state index in [9.17, 15) is 9.59 Å². The number of para-hydroxylation sites is 1. The van der Waals surface area contributed by atoms with Crippen molar-refractivity contribution in [1.29, 1.82) is 0 Å². The van der Waals surface area contributed by atoms with Crippen molar-refractivity contribution in [2.45, 2.75) is 79.2 Å². The molecule has 5 nitrogen and oxygen atoms in total. The van der Waals surface area contributed by atoms with E-state index < -0.39 is 0 Å². The van der Waals surface area contributed by atoms with Crippen LogP contribution in [0.4, 0.5) is 0 Å². The Hall–Kier alpha value is -2.66. The second-order valence-electron chi connectivity index (χ2n) is 12.5. The largest absolute Gasteiger partial charge is 0.383 e. The maximum atomic E-state index is 14.0. The molecule has 192 valence electrons. The monoisotopic (exact) mass is 488 g/mol. The van der Waals surface area contributed by atoms with E-state index in [4.69, 9.17) is 4.74 Å². The van der Waals surface area contributed by atoms with Gasteiger partial charge in [0.2, 0.25) is 0 Å². The molecule has 2 aliphatic carbocycles. The third-order valence-corrected chi connectivity index (χ3v) is 8.14. The number of methoxy groups -OCH3 is 1. The summed E-state index contributed by atoms with van der Waals surface area (Å²) in [7, 11) is 1.71. The van der Waals surface area contributed by atoms with Crippen LogP contribution in [0.1, 0.15) is 78.2 Å². The molecular weight excluding hydrogens is 448 g/mol. The number of ether oxygens (including phenoxy) is 1. The number of hydrogen-bond donors (Lipinski definition) is 0. The van der Waals surface area contributed by atoms with Gasteiger partial charge in [0.15, 0.2) is 11.6 Å². The van der Waals surface area contributed by atoms with E-state index >= 15 is 0 Å². The summed E-state index contributed by atoms with van der Waals surface area (Å²) in [6.07, 6.45) is 5.92. The van der Waals surface area contributed by atoms with Crippen LogP contribution in [0.25, 0.3) is 10.9 Å². The number of carbonyl (C=O) groups is 2. The summed E-state index contributed by atoms with van der Waals surface area (Å²) in [4.78, 5) is 30.2. The molecule has 0 unspecified atom stereocenters. The number of benzene rings is 1. The lowest BCUT2D eigenvalue weighted by molar-refractivity contribution is -0.119. The van der Waals surface area contributed by atoms with Crippen molar-refractivity contribution in [3.63, 3.8) is 0 Å². The number of Topliss-reactive ketones (excluding diaryl/α,β-unsaturated/α-hetero) is 2. The molecule has 2 aromatic rings. The van der Waals surface area contributed by atoms with Crippen molar-refractivity contribution >= 4 is 22.5 Å². The van der Waals surface area contributed by atoms with E-state index in [-0.39, 0.29) is 28.3 Å². The zero-order chi connectivity index (χ0) is 25.8. The van der Waals surface area contributed by atoms with E-state index in [1.54, 1.807) is 7.11 Å². The van der Waals surface area contributed by atoms with Gasteiger partial charge in [-0.1, -0.05) is 52.8 Å². The average Bonchev–Trinajstić information content (AvgIpc) is 3.14. The van der Waals surface area contributed by atoms with Crippen molar-refractivity contribution in [3.05, 3.63) is 58.6 Å². The number of hydrogen-bond acceptors (Lipinski definition) is 4. The molecule has 0 amide bonds. The topological polar surface area (TPSA) is 51.5 Å². The summed E-state index contributed by atoms with van der Waals surface area (Å²) >= 11 is 0. The maximum Gasteiger partial charge on any atom is 0.162 e. The first-order chi connectivity index (χ1) is 17.1. The molecule has 0 radical (unpaired) electrons. The zero-order valence-electron chi connectivity index (χ0n) is 22.7. The fourth-order valence-electron chi connectivity index (χ4n) is 6.74. The van der Waals surface area contributed by atoms with Gasteiger partial charge in [0.05, 0.1) is 6.61 Å². The number of rotatable bonds is 6. The van der Waals surface area contributed by atoms with E-state index in [2.05, 4.69) is 74.5 Å². The SMILES string of the molecule is CCCn1cc(C2C3=C(CC(C)(C)CC3=O)N(CCOC)C3=C2C(=O)CC(C)(C)C3)c2ccccc21. The summed E-state index contributed by atoms with van der Waals surface area (Å²) in [6.45, 7) is 13.0. The van der Waals surface area contributed by atoms with Gasteiger partial charge in [0.1, 0.15) is 0 Å². The predicted octanol–water partition coefficient (Wildman–Crippen LogP) is 6.38. The molecule has 5 rings (SSSR count). The molecule has 0 bridgehead atoms. The van der Waals surface area contributed by atoms with Crippen LogP contribution in [0.15, 0.2) is 53.0 Å². The molecule has 1 aliphatic heterocycles. The second-order valence-corrected chi connectivity index (χ2v) is 12.5. The van der Waals surface area contributed by atoms with Crippen LogP contribution < -0.4 is 0 Å². The molecule has 2 heterocycles. The van der Waals surface area contributed by atoms with Crippen LogP contribution in [-0.2, 0) is 20.9 Å². The van der Waals surface area contributed by atoms with Gasteiger partial charge in [-0.05, 0) is 41.7 Å². The zero-order valence-corrected chi connectivity index (χ0v) is 22.7. The van der Waals surface area contributed by atoms with Crippen LogP contribution >= 0.6 is 0 Å². The number of ketones is 2. The van der Waals surface area contributed by atoms with Crippen LogP contribution in [0, 0.1) is 10.8 Å². The molecule has 0 saturated carbocycles. The molecule has 3 aliphatic rings. The number of fused-ring (bicyclic) bond motifs is 1. The average molecular weight is 489 g/mol. The third-order valence-electron chi connectivity index (χ3n) is 8.14. The summed E-state index contributed by atoms with van der Waals surface area (Å²) in [5.74, 6) is 0.0688. The van der Waals surface area contributed by atoms with Crippen LogP contribution in [0.5, 0.6) is 0 Å². The van der Waals surface area contributed by atoms with Gasteiger partial charge in [0.25, 0.3) is 0 Å². The highest BCUT2D eigenvalue weighted by Gasteiger charge is 2.49. The molecule has 0 atom stereocenters. The van der Waals surface area contributed by atoms with Crippen molar-refractivity contribution in [3.8, 4) is 0 Å². The van der Waals surface area contributed by atoms with Crippen molar-refractivity contribution in [1.82, 2.24) is 9.47 Å². The molecule has 0 fully saturated rings. The second kappa shape index (κ2) is 9.02. The Morgan fingerprint density at radius 2 is 1.47 bits per heavy atom. The smallest absolute Gasteiger partial charge is 0.162 e. The Balaban J connectivity index is 1.81. The Morgan fingerprint density at radius 1 is 0.889 bits per heavy atom. The fraction of sp³-hybridized carbons (Fsp3) is 0.548. The third kappa shape index (κ3) is 4.15. The van der Waals surface area contributed by atoms with Gasteiger partial charge in [-0.3, -0.25) is 9.59 Å². The number of aromatic nitrogens is 1. The highest BCUT2D eigenvalue weighted by molar-refractivity contribution is 6.08. The van der Waals surface area contributed by atoms with E-state index in [1.807, 2.05) is 0 Å². The van der Waals surface area contributed by atoms with E-state index in [0.29, 0.717) is 26.0 Å². The van der Waals surface area contributed by atoms with Gasteiger partial charge < -0.3 is 14.2 Å². The number of aryl methyl sites for hydroxylation is 1. The van der Waals surface area contributed by atoms with Gasteiger partial charge >= 0.3 is 0 Å². The quantitative estimate of drug-likeness (QED) is 0.473.